The summed E-state index contributed by atoms with van der Waals surface area (Å²) in [7, 11) is 3.23. The van der Waals surface area contributed by atoms with Crippen LogP contribution in [0.1, 0.15) is 5.56 Å². The normalized spacial score (nSPS) is 15.0. The van der Waals surface area contributed by atoms with E-state index in [1.165, 1.54) is 21.8 Å². The van der Waals surface area contributed by atoms with E-state index in [1.54, 1.807) is 44.5 Å². The van der Waals surface area contributed by atoms with Crippen molar-refractivity contribution in [2.45, 2.75) is 6.54 Å². The van der Waals surface area contributed by atoms with E-state index in [4.69, 9.17) is 4.74 Å². The molecule has 0 spiro atoms. The number of nitrogens with one attached hydrogen (secondary N) is 1. The van der Waals surface area contributed by atoms with Gasteiger partial charge in [-0.05, 0) is 35.5 Å². The number of amides is 3. The molecule has 3 amide bonds. The van der Waals surface area contributed by atoms with Crippen LogP contribution in [0.5, 0.6) is 5.75 Å². The van der Waals surface area contributed by atoms with Gasteiger partial charge in [0.1, 0.15) is 24.0 Å². The molecule has 1 aliphatic heterocycles. The number of hydrogen-bond donors (Lipinski definition) is 1. The fourth-order valence-electron chi connectivity index (χ4n) is 3.24. The molecule has 1 aromatic carbocycles. The molecule has 12 heteroatoms. The number of aryl methyl sites for hydroxylation is 1. The van der Waals surface area contributed by atoms with Gasteiger partial charge in [-0.2, -0.15) is 5.10 Å². The second kappa shape index (κ2) is 9.28. The van der Waals surface area contributed by atoms with E-state index in [2.05, 4.69) is 15.4 Å². The molecule has 2 aromatic heterocycles. The number of carbonyl (C=O) groups is 3. The van der Waals surface area contributed by atoms with E-state index < -0.39 is 17.1 Å². The lowest BCUT2D eigenvalue weighted by atomic mass is 10.2. The van der Waals surface area contributed by atoms with Gasteiger partial charge in [0, 0.05) is 20.1 Å². The largest absolute Gasteiger partial charge is 0.497 e. The molecule has 1 saturated heterocycles. The molecule has 0 aliphatic carbocycles. The van der Waals surface area contributed by atoms with Crippen molar-refractivity contribution in [1.82, 2.24) is 29.5 Å². The Hall–Kier alpha value is -3.93. The molecule has 0 radical (unpaired) electrons. The maximum Gasteiger partial charge on any atom is 0.293 e. The van der Waals surface area contributed by atoms with E-state index in [1.807, 2.05) is 0 Å². The summed E-state index contributed by atoms with van der Waals surface area (Å²) in [5.74, 6) is -0.171. The minimum atomic E-state index is -0.442. The Morgan fingerprint density at radius 2 is 1.97 bits per heavy atom. The Morgan fingerprint density at radius 3 is 2.70 bits per heavy atom. The number of imide groups is 1. The van der Waals surface area contributed by atoms with Gasteiger partial charge in [0.2, 0.25) is 5.91 Å². The van der Waals surface area contributed by atoms with Crippen molar-refractivity contribution >= 4 is 45.9 Å². The Balaban J connectivity index is 1.33. The lowest BCUT2D eigenvalue weighted by Crippen LogP contribution is -2.39. The predicted molar refractivity (Wildman–Crippen MR) is 121 cm³/mol. The lowest BCUT2D eigenvalue weighted by Gasteiger charge is -2.13. The van der Waals surface area contributed by atoms with Crippen LogP contribution in [-0.4, -0.2) is 61.5 Å². The van der Waals surface area contributed by atoms with Gasteiger partial charge in [-0.3, -0.25) is 33.3 Å². The number of methoxy groups -OCH3 is 1. The van der Waals surface area contributed by atoms with Gasteiger partial charge >= 0.3 is 0 Å². The summed E-state index contributed by atoms with van der Waals surface area (Å²) in [6.45, 7) is -0.162. The van der Waals surface area contributed by atoms with Crippen LogP contribution in [0.25, 0.3) is 17.1 Å². The first-order valence-corrected chi connectivity index (χ1v) is 10.7. The minimum absolute atomic E-state index is 0.0190. The number of nitrogens with zero attached hydrogens (tertiary/aromatic N) is 5. The fourth-order valence-corrected chi connectivity index (χ4v) is 4.11. The molecule has 3 aromatic rings. The molecule has 3 heterocycles. The van der Waals surface area contributed by atoms with Crippen LogP contribution in [0.2, 0.25) is 0 Å². The fraction of sp³-hybridized carbons (Fsp3) is 0.238. The quantitative estimate of drug-likeness (QED) is 0.509. The van der Waals surface area contributed by atoms with Gasteiger partial charge in [-0.1, -0.05) is 12.1 Å². The zero-order valence-corrected chi connectivity index (χ0v) is 18.7. The molecule has 0 unspecified atom stereocenters. The van der Waals surface area contributed by atoms with E-state index in [0.717, 1.165) is 22.2 Å². The van der Waals surface area contributed by atoms with Crippen molar-refractivity contribution in [1.29, 1.82) is 0 Å². The number of benzene rings is 1. The Morgan fingerprint density at radius 1 is 1.21 bits per heavy atom. The molecule has 0 bridgehead atoms. The summed E-state index contributed by atoms with van der Waals surface area (Å²) in [6, 6.07) is 7.09. The maximum absolute atomic E-state index is 12.6. The smallest absolute Gasteiger partial charge is 0.293 e. The monoisotopic (exact) mass is 468 g/mol. The van der Waals surface area contributed by atoms with Crippen molar-refractivity contribution in [3.05, 3.63) is 57.6 Å². The van der Waals surface area contributed by atoms with Crippen molar-refractivity contribution in [3.8, 4) is 5.75 Å². The molecule has 170 valence electrons. The number of aromatic nitrogens is 4. The molecule has 1 N–H and O–H groups in total. The number of carbonyl (C=O) groups excluding carboxylic acids is 3. The Labute approximate surface area is 192 Å². The van der Waals surface area contributed by atoms with Gasteiger partial charge in [-0.15, -0.1) is 0 Å². The van der Waals surface area contributed by atoms with Crippen molar-refractivity contribution < 1.29 is 19.1 Å². The second-order valence-electron chi connectivity index (χ2n) is 7.14. The third-order valence-electron chi connectivity index (χ3n) is 4.98. The lowest BCUT2D eigenvalue weighted by molar-refractivity contribution is -0.124. The van der Waals surface area contributed by atoms with Gasteiger partial charge < -0.3 is 10.1 Å². The summed E-state index contributed by atoms with van der Waals surface area (Å²) in [5, 5.41) is 6.51. The highest BCUT2D eigenvalue weighted by molar-refractivity contribution is 8.18. The summed E-state index contributed by atoms with van der Waals surface area (Å²) in [5.41, 5.74) is 0.816. The highest BCUT2D eigenvalue weighted by Crippen LogP contribution is 2.32. The first-order chi connectivity index (χ1) is 15.9. The van der Waals surface area contributed by atoms with Crippen LogP contribution in [0, 0.1) is 0 Å². The molecule has 4 rings (SSSR count). The summed E-state index contributed by atoms with van der Waals surface area (Å²) in [4.78, 5) is 55.1. The summed E-state index contributed by atoms with van der Waals surface area (Å²) in [6.07, 6.45) is 4.32. The van der Waals surface area contributed by atoms with Gasteiger partial charge in [0.05, 0.1) is 18.2 Å². The summed E-state index contributed by atoms with van der Waals surface area (Å²) >= 11 is 0.846. The van der Waals surface area contributed by atoms with Gasteiger partial charge in [0.25, 0.3) is 16.7 Å². The van der Waals surface area contributed by atoms with Crippen molar-refractivity contribution in [3.63, 3.8) is 0 Å². The molecule has 11 nitrogen and oxygen atoms in total. The Kier molecular flexibility index (Phi) is 6.27. The predicted octanol–water partition coefficient (Wildman–Crippen LogP) is 0.991. The van der Waals surface area contributed by atoms with E-state index >= 15 is 0 Å². The second-order valence-corrected chi connectivity index (χ2v) is 8.13. The average Bonchev–Trinajstić information content (AvgIpc) is 3.31. The topological polar surface area (TPSA) is 128 Å². The average molecular weight is 468 g/mol. The number of fused-ring (bicyclic) bond motifs is 1. The van der Waals surface area contributed by atoms with Gasteiger partial charge in [0.15, 0.2) is 5.65 Å². The number of rotatable bonds is 7. The zero-order valence-electron chi connectivity index (χ0n) is 17.8. The molecule has 1 fully saturated rings. The van der Waals surface area contributed by atoms with E-state index in [9.17, 15) is 19.2 Å². The first kappa shape index (κ1) is 22.3. The van der Waals surface area contributed by atoms with Crippen LogP contribution >= 0.6 is 11.8 Å². The number of ether oxygens (including phenoxy) is 1. The van der Waals surface area contributed by atoms with Crippen molar-refractivity contribution in [2.24, 2.45) is 7.05 Å². The van der Waals surface area contributed by atoms with E-state index in [-0.39, 0.29) is 25.2 Å². The van der Waals surface area contributed by atoms with Crippen LogP contribution < -0.4 is 15.6 Å². The third-order valence-corrected chi connectivity index (χ3v) is 5.88. The van der Waals surface area contributed by atoms with Crippen molar-refractivity contribution in [2.75, 3.05) is 20.2 Å². The SMILES string of the molecule is COc1ccc(/C=C2\SC(=O)N(CCNC(=O)Cn3cnc4c(cnn4C)c3=O)C2=O)cc1. The molecule has 33 heavy (non-hydrogen) atoms. The molecule has 0 saturated carbocycles. The molecular weight excluding hydrogens is 448 g/mol. The molecule has 0 atom stereocenters. The van der Waals surface area contributed by atoms with Crippen LogP contribution in [0.15, 0.2) is 46.5 Å². The van der Waals surface area contributed by atoms with Crippen LogP contribution in [0.3, 0.4) is 0 Å². The zero-order chi connectivity index (χ0) is 23.5. The Bertz CT molecular complexity index is 1330. The maximum atomic E-state index is 12.6. The van der Waals surface area contributed by atoms with Gasteiger partial charge in [-0.25, -0.2) is 4.98 Å². The van der Waals surface area contributed by atoms with Crippen LogP contribution in [-0.2, 0) is 23.2 Å². The first-order valence-electron chi connectivity index (χ1n) is 9.90. The molecular formula is C21H20N6O5S. The number of thioether (sulfide) groups is 1. The standard InChI is InChI=1S/C21H20N6O5S/c1-25-18-15(10-24-25)19(29)26(12-23-18)11-17(28)22-7-8-27-20(30)16(33-21(27)31)9-13-3-5-14(32-2)6-4-13/h3-6,9-10,12H,7-8,11H2,1-2H3,(H,22,28)/b16-9-. The van der Waals surface area contributed by atoms with Crippen LogP contribution in [0.4, 0.5) is 4.79 Å². The minimum Gasteiger partial charge on any atom is -0.497 e. The summed E-state index contributed by atoms with van der Waals surface area (Å²) < 4.78 is 7.76. The highest BCUT2D eigenvalue weighted by atomic mass is 32.2. The highest BCUT2D eigenvalue weighted by Gasteiger charge is 2.34. The van der Waals surface area contributed by atoms with E-state index in [0.29, 0.717) is 21.7 Å². The molecule has 1 aliphatic rings. The third kappa shape index (κ3) is 4.65. The number of hydrogen-bond acceptors (Lipinski definition) is 8.